The lowest BCUT2D eigenvalue weighted by Gasteiger charge is -2.16. The molecule has 1 aliphatic carbocycles. The highest BCUT2D eigenvalue weighted by molar-refractivity contribution is 4.88. The smallest absolute Gasteiger partial charge is 0.0577 e. The number of rotatable bonds is 4. The Morgan fingerprint density at radius 1 is 1.64 bits per heavy atom. The van der Waals surface area contributed by atoms with Gasteiger partial charge in [0.15, 0.2) is 0 Å². The molecule has 0 amide bonds. The highest BCUT2D eigenvalue weighted by Crippen LogP contribution is 2.38. The molecular formula is C10H16O. The van der Waals surface area contributed by atoms with Crippen LogP contribution in [-0.2, 0) is 0 Å². The lowest BCUT2D eigenvalue weighted by atomic mass is 9.96. The lowest BCUT2D eigenvalue weighted by molar-refractivity contribution is 0.0980. The molecule has 0 aromatic heterocycles. The standard InChI is InChI=1S/C10H16O/c1-3-4-5-10(11)8(2)9-6-7-9/h1,8-11H,4-7H2,2H3. The Labute approximate surface area is 68.8 Å². The van der Waals surface area contributed by atoms with E-state index in [0.717, 1.165) is 12.3 Å². The summed E-state index contributed by atoms with van der Waals surface area (Å²) in [5, 5.41) is 9.56. The molecule has 1 saturated carbocycles. The molecule has 0 heterocycles. The van der Waals surface area contributed by atoms with Gasteiger partial charge >= 0.3 is 0 Å². The van der Waals surface area contributed by atoms with Crippen LogP contribution < -0.4 is 0 Å². The van der Waals surface area contributed by atoms with Gasteiger partial charge in [0.2, 0.25) is 0 Å². The van der Waals surface area contributed by atoms with Crippen molar-refractivity contribution in [2.24, 2.45) is 11.8 Å². The van der Waals surface area contributed by atoms with Crippen LogP contribution in [0.25, 0.3) is 0 Å². The zero-order valence-electron chi connectivity index (χ0n) is 7.09. The van der Waals surface area contributed by atoms with Crippen LogP contribution in [0.2, 0.25) is 0 Å². The molecule has 1 heteroatoms. The maximum Gasteiger partial charge on any atom is 0.0577 e. The summed E-state index contributed by atoms with van der Waals surface area (Å²) in [5.74, 6) is 3.79. The summed E-state index contributed by atoms with van der Waals surface area (Å²) >= 11 is 0. The molecular weight excluding hydrogens is 136 g/mol. The first-order valence-electron chi connectivity index (χ1n) is 4.37. The molecule has 11 heavy (non-hydrogen) atoms. The van der Waals surface area contributed by atoms with E-state index in [1.165, 1.54) is 12.8 Å². The van der Waals surface area contributed by atoms with Gasteiger partial charge in [-0.15, -0.1) is 12.3 Å². The predicted molar refractivity (Wildman–Crippen MR) is 46.0 cm³/mol. The van der Waals surface area contributed by atoms with Crippen LogP contribution in [0.5, 0.6) is 0 Å². The molecule has 1 aliphatic rings. The zero-order chi connectivity index (χ0) is 8.27. The van der Waals surface area contributed by atoms with E-state index in [1.807, 2.05) is 0 Å². The van der Waals surface area contributed by atoms with Crippen molar-refractivity contribution in [1.82, 2.24) is 0 Å². The molecule has 0 bridgehead atoms. The molecule has 0 saturated heterocycles. The van der Waals surface area contributed by atoms with E-state index < -0.39 is 0 Å². The number of terminal acetylenes is 1. The monoisotopic (exact) mass is 152 g/mol. The molecule has 1 rings (SSSR count). The van der Waals surface area contributed by atoms with Crippen molar-refractivity contribution >= 4 is 0 Å². The van der Waals surface area contributed by atoms with Gasteiger partial charge in [-0.2, -0.15) is 0 Å². The van der Waals surface area contributed by atoms with Crippen molar-refractivity contribution in [3.63, 3.8) is 0 Å². The van der Waals surface area contributed by atoms with Gasteiger partial charge in [0.25, 0.3) is 0 Å². The van der Waals surface area contributed by atoms with E-state index >= 15 is 0 Å². The third-order valence-electron chi connectivity index (χ3n) is 2.56. The number of aliphatic hydroxyl groups excluding tert-OH is 1. The quantitative estimate of drug-likeness (QED) is 0.609. The Morgan fingerprint density at radius 2 is 2.27 bits per heavy atom. The van der Waals surface area contributed by atoms with Gasteiger partial charge in [-0.25, -0.2) is 0 Å². The second-order valence-corrected chi connectivity index (χ2v) is 3.51. The number of hydrogen-bond donors (Lipinski definition) is 1. The van der Waals surface area contributed by atoms with Crippen LogP contribution >= 0.6 is 0 Å². The van der Waals surface area contributed by atoms with Crippen molar-refractivity contribution in [3.8, 4) is 12.3 Å². The van der Waals surface area contributed by atoms with Crippen LogP contribution in [-0.4, -0.2) is 11.2 Å². The zero-order valence-corrected chi connectivity index (χ0v) is 7.09. The maximum absolute atomic E-state index is 9.56. The van der Waals surface area contributed by atoms with Gasteiger partial charge in [0.05, 0.1) is 6.10 Å². The van der Waals surface area contributed by atoms with E-state index in [9.17, 15) is 5.11 Å². The second-order valence-electron chi connectivity index (χ2n) is 3.51. The molecule has 0 aromatic rings. The molecule has 2 atom stereocenters. The van der Waals surface area contributed by atoms with Gasteiger partial charge in [-0.3, -0.25) is 0 Å². The van der Waals surface area contributed by atoms with E-state index in [4.69, 9.17) is 6.42 Å². The Bertz CT molecular complexity index is 153. The van der Waals surface area contributed by atoms with Crippen molar-refractivity contribution in [2.75, 3.05) is 0 Å². The minimum atomic E-state index is -0.168. The lowest BCUT2D eigenvalue weighted by Crippen LogP contribution is -2.18. The Balaban J connectivity index is 2.17. The summed E-state index contributed by atoms with van der Waals surface area (Å²) in [7, 11) is 0. The van der Waals surface area contributed by atoms with E-state index in [-0.39, 0.29) is 6.10 Å². The molecule has 62 valence electrons. The fraction of sp³-hybridized carbons (Fsp3) is 0.800. The Hall–Kier alpha value is -0.480. The van der Waals surface area contributed by atoms with Crippen LogP contribution in [0.4, 0.5) is 0 Å². The number of hydrogen-bond acceptors (Lipinski definition) is 1. The average Bonchev–Trinajstić information content (AvgIpc) is 2.81. The van der Waals surface area contributed by atoms with Crippen LogP contribution in [0.1, 0.15) is 32.6 Å². The minimum Gasteiger partial charge on any atom is -0.393 e. The predicted octanol–water partition coefficient (Wildman–Crippen LogP) is 1.81. The van der Waals surface area contributed by atoms with Gasteiger partial charge in [-0.05, 0) is 31.1 Å². The molecule has 1 fully saturated rings. The fourth-order valence-corrected chi connectivity index (χ4v) is 1.43. The highest BCUT2D eigenvalue weighted by Gasteiger charge is 2.31. The molecule has 1 N–H and O–H groups in total. The first kappa shape index (κ1) is 8.62. The maximum atomic E-state index is 9.56. The van der Waals surface area contributed by atoms with E-state index in [2.05, 4.69) is 12.8 Å². The summed E-state index contributed by atoms with van der Waals surface area (Å²) in [6, 6.07) is 0. The summed E-state index contributed by atoms with van der Waals surface area (Å²) in [5.41, 5.74) is 0. The van der Waals surface area contributed by atoms with Gasteiger partial charge in [-0.1, -0.05) is 6.92 Å². The number of aliphatic hydroxyl groups is 1. The topological polar surface area (TPSA) is 20.2 Å². The Morgan fingerprint density at radius 3 is 2.73 bits per heavy atom. The summed E-state index contributed by atoms with van der Waals surface area (Å²) in [6.45, 7) is 2.12. The normalized spacial score (nSPS) is 22.3. The molecule has 1 nitrogen and oxygen atoms in total. The Kier molecular flexibility index (Phi) is 2.96. The first-order chi connectivity index (χ1) is 5.25. The third kappa shape index (κ3) is 2.55. The second kappa shape index (κ2) is 3.78. The molecule has 2 unspecified atom stereocenters. The largest absolute Gasteiger partial charge is 0.393 e. The highest BCUT2D eigenvalue weighted by atomic mass is 16.3. The van der Waals surface area contributed by atoms with Crippen LogP contribution in [0.15, 0.2) is 0 Å². The molecule has 0 spiro atoms. The van der Waals surface area contributed by atoms with Crippen molar-refractivity contribution in [2.45, 2.75) is 38.7 Å². The summed E-state index contributed by atoms with van der Waals surface area (Å²) < 4.78 is 0. The van der Waals surface area contributed by atoms with Crippen LogP contribution in [0.3, 0.4) is 0 Å². The SMILES string of the molecule is C#CCCC(O)C(C)C1CC1. The summed E-state index contributed by atoms with van der Waals surface area (Å²) in [6.07, 6.45) is 9.02. The van der Waals surface area contributed by atoms with Crippen molar-refractivity contribution in [3.05, 3.63) is 0 Å². The van der Waals surface area contributed by atoms with Gasteiger partial charge < -0.3 is 5.11 Å². The first-order valence-corrected chi connectivity index (χ1v) is 4.37. The minimum absolute atomic E-state index is 0.168. The van der Waals surface area contributed by atoms with Crippen molar-refractivity contribution in [1.29, 1.82) is 0 Å². The average molecular weight is 152 g/mol. The third-order valence-corrected chi connectivity index (χ3v) is 2.56. The summed E-state index contributed by atoms with van der Waals surface area (Å²) in [4.78, 5) is 0. The molecule has 0 radical (unpaired) electrons. The van der Waals surface area contributed by atoms with Gasteiger partial charge in [0, 0.05) is 6.42 Å². The molecule has 0 aromatic carbocycles. The molecule has 0 aliphatic heterocycles. The van der Waals surface area contributed by atoms with Gasteiger partial charge in [0.1, 0.15) is 0 Å². The van der Waals surface area contributed by atoms with E-state index in [0.29, 0.717) is 12.3 Å². The van der Waals surface area contributed by atoms with E-state index in [1.54, 1.807) is 0 Å². The van der Waals surface area contributed by atoms with Crippen molar-refractivity contribution < 1.29 is 5.11 Å². The van der Waals surface area contributed by atoms with Crippen LogP contribution in [0, 0.1) is 24.2 Å². The fourth-order valence-electron chi connectivity index (χ4n) is 1.43.